The van der Waals surface area contributed by atoms with Crippen molar-refractivity contribution in [3.05, 3.63) is 120 Å². The summed E-state index contributed by atoms with van der Waals surface area (Å²) in [5.41, 5.74) is 7.68. The van der Waals surface area contributed by atoms with Crippen molar-refractivity contribution in [2.24, 2.45) is 0 Å². The molecule has 8 rings (SSSR count). The van der Waals surface area contributed by atoms with Crippen LogP contribution in [0, 0.1) is 0 Å². The van der Waals surface area contributed by atoms with E-state index >= 15 is 0 Å². The number of amides is 2. The third-order valence-corrected chi connectivity index (χ3v) is 8.60. The van der Waals surface area contributed by atoms with Gasteiger partial charge in [0, 0.05) is 46.4 Å². The average molecular weight is 651 g/mol. The highest BCUT2D eigenvalue weighted by Gasteiger charge is 2.26. The van der Waals surface area contributed by atoms with Gasteiger partial charge in [-0.05, 0) is 99.0 Å². The second-order valence-electron chi connectivity index (χ2n) is 13.2. The van der Waals surface area contributed by atoms with Gasteiger partial charge in [-0.1, -0.05) is 36.4 Å². The first-order chi connectivity index (χ1) is 23.7. The van der Waals surface area contributed by atoms with Crippen LogP contribution in [0.25, 0.3) is 38.7 Å². The molecule has 0 radical (unpaired) electrons. The zero-order chi connectivity index (χ0) is 33.7. The molecule has 10 nitrogen and oxygen atoms in total. The Morgan fingerprint density at radius 3 is 2.49 bits per heavy atom. The number of aromatic nitrogens is 3. The van der Waals surface area contributed by atoms with Gasteiger partial charge in [-0.3, -0.25) is 4.79 Å². The number of nitrogens with zero attached hydrogens (tertiary/aromatic N) is 4. The van der Waals surface area contributed by atoms with E-state index in [9.17, 15) is 9.59 Å². The van der Waals surface area contributed by atoms with Crippen LogP contribution in [0.1, 0.15) is 42.3 Å². The number of carbonyl (C=O) groups is 2. The fourth-order valence-corrected chi connectivity index (χ4v) is 6.25. The van der Waals surface area contributed by atoms with Gasteiger partial charge in [-0.2, -0.15) is 5.10 Å². The van der Waals surface area contributed by atoms with Crippen LogP contribution >= 0.6 is 0 Å². The van der Waals surface area contributed by atoms with Crippen LogP contribution < -0.4 is 10.6 Å². The van der Waals surface area contributed by atoms with E-state index in [4.69, 9.17) is 14.1 Å². The van der Waals surface area contributed by atoms with Crippen molar-refractivity contribution >= 4 is 56.8 Å². The number of nitrogens with one attached hydrogen (secondary N) is 2. The maximum Gasteiger partial charge on any atom is 0.410 e. The molecule has 1 aliphatic rings. The Labute approximate surface area is 282 Å². The largest absolute Gasteiger partial charge is 0.455 e. The fraction of sp³-hybridized carbons (Fsp3) is 0.179. The van der Waals surface area contributed by atoms with Gasteiger partial charge in [0.2, 0.25) is 5.95 Å². The van der Waals surface area contributed by atoms with Gasteiger partial charge in [0.05, 0.1) is 17.4 Å². The quantitative estimate of drug-likeness (QED) is 0.192. The van der Waals surface area contributed by atoms with Gasteiger partial charge < -0.3 is 24.7 Å². The van der Waals surface area contributed by atoms with E-state index in [1.165, 1.54) is 0 Å². The number of anilines is 3. The molecule has 0 bridgehead atoms. The van der Waals surface area contributed by atoms with Crippen molar-refractivity contribution in [3.63, 3.8) is 0 Å². The number of benzene rings is 4. The molecular formula is C39H34N6O4. The molecule has 10 heteroatoms. The van der Waals surface area contributed by atoms with Crippen LogP contribution in [0.3, 0.4) is 0 Å². The molecule has 49 heavy (non-hydrogen) atoms. The minimum atomic E-state index is -0.547. The Morgan fingerprint density at radius 1 is 0.857 bits per heavy atom. The Hall–Kier alpha value is -6.16. The maximum atomic E-state index is 13.2. The number of rotatable bonds is 5. The third-order valence-electron chi connectivity index (χ3n) is 8.60. The molecule has 0 unspecified atom stereocenters. The molecule has 0 aliphatic carbocycles. The number of para-hydroxylation sites is 2. The van der Waals surface area contributed by atoms with E-state index in [2.05, 4.69) is 27.9 Å². The summed E-state index contributed by atoms with van der Waals surface area (Å²) < 4.78 is 13.6. The van der Waals surface area contributed by atoms with E-state index in [1.807, 2.05) is 99.6 Å². The van der Waals surface area contributed by atoms with Gasteiger partial charge in [0.25, 0.3) is 5.91 Å². The summed E-state index contributed by atoms with van der Waals surface area (Å²) >= 11 is 0. The summed E-state index contributed by atoms with van der Waals surface area (Å²) in [6.45, 7) is 6.58. The first kappa shape index (κ1) is 30.2. The molecule has 0 spiro atoms. The summed E-state index contributed by atoms with van der Waals surface area (Å²) in [5, 5.41) is 13.0. The molecule has 0 atom stereocenters. The molecule has 0 fully saturated rings. The lowest BCUT2D eigenvalue weighted by Gasteiger charge is -2.31. The molecular weight excluding hydrogens is 616 g/mol. The average Bonchev–Trinajstić information content (AvgIpc) is 3.73. The first-order valence-electron chi connectivity index (χ1n) is 16.2. The predicted octanol–water partition coefficient (Wildman–Crippen LogP) is 8.58. The van der Waals surface area contributed by atoms with E-state index in [0.717, 1.165) is 55.5 Å². The second-order valence-corrected chi connectivity index (χ2v) is 13.2. The number of fused-ring (bicyclic) bond motifs is 5. The summed E-state index contributed by atoms with van der Waals surface area (Å²) in [5.74, 6) is 0.340. The van der Waals surface area contributed by atoms with Gasteiger partial charge in [-0.15, -0.1) is 0 Å². The fourth-order valence-electron chi connectivity index (χ4n) is 6.25. The lowest BCUT2D eigenvalue weighted by Crippen LogP contribution is -2.39. The number of carbonyl (C=O) groups excluding carboxylic acids is 2. The Kier molecular flexibility index (Phi) is 7.28. The molecule has 1 aliphatic heterocycles. The van der Waals surface area contributed by atoms with Crippen molar-refractivity contribution in [1.82, 2.24) is 19.5 Å². The topological polar surface area (TPSA) is 114 Å². The third kappa shape index (κ3) is 5.93. The zero-order valence-electron chi connectivity index (χ0n) is 27.4. The summed E-state index contributed by atoms with van der Waals surface area (Å²) in [6, 6.07) is 31.1. The molecule has 4 heterocycles. The van der Waals surface area contributed by atoms with E-state index in [1.54, 1.807) is 21.7 Å². The lowest BCUT2D eigenvalue weighted by atomic mass is 9.97. The molecule has 244 valence electrons. The van der Waals surface area contributed by atoms with Crippen molar-refractivity contribution in [3.8, 4) is 11.3 Å². The highest BCUT2D eigenvalue weighted by molar-refractivity contribution is 6.09. The van der Waals surface area contributed by atoms with E-state index in [0.29, 0.717) is 36.7 Å². The van der Waals surface area contributed by atoms with E-state index in [-0.39, 0.29) is 12.0 Å². The summed E-state index contributed by atoms with van der Waals surface area (Å²) in [6.07, 6.45) is 2.07. The standard InChI is InChI=1S/C39H34N6O4/c1-39(2,3)49-38(47)44-20-18-24-21-25(11-12-26(24)23-44)36(46)41-27-13-15-28(16-14-27)42-37-43-33(22-29-17-19-40-45(29)37)32-9-6-8-31-30-7-4-5-10-34(30)48-35(31)32/h4-17,19,21-22H,18,20,23H2,1-3H3,(H,41,46)(H,42,43). The van der Waals surface area contributed by atoms with Crippen molar-refractivity contribution in [2.45, 2.75) is 39.3 Å². The van der Waals surface area contributed by atoms with Gasteiger partial charge >= 0.3 is 6.09 Å². The number of hydrogen-bond acceptors (Lipinski definition) is 7. The van der Waals surface area contributed by atoms with Crippen molar-refractivity contribution in [1.29, 1.82) is 0 Å². The highest BCUT2D eigenvalue weighted by atomic mass is 16.6. The zero-order valence-corrected chi connectivity index (χ0v) is 27.4. The van der Waals surface area contributed by atoms with Crippen LogP contribution in [0.5, 0.6) is 0 Å². The predicted molar refractivity (Wildman–Crippen MR) is 190 cm³/mol. The van der Waals surface area contributed by atoms with Crippen LogP contribution in [0.4, 0.5) is 22.1 Å². The van der Waals surface area contributed by atoms with Gasteiger partial charge in [0.15, 0.2) is 0 Å². The van der Waals surface area contributed by atoms with Crippen LogP contribution in [-0.4, -0.2) is 43.6 Å². The van der Waals surface area contributed by atoms with Crippen molar-refractivity contribution < 1.29 is 18.7 Å². The van der Waals surface area contributed by atoms with Crippen LogP contribution in [-0.2, 0) is 17.7 Å². The SMILES string of the molecule is CC(C)(C)OC(=O)N1CCc2cc(C(=O)Nc3ccc(Nc4nc(-c5cccc6c5oc5ccccc56)cc5ccnn45)cc3)ccc2C1. The maximum absolute atomic E-state index is 13.2. The summed E-state index contributed by atoms with van der Waals surface area (Å²) in [7, 11) is 0. The molecule has 4 aromatic carbocycles. The van der Waals surface area contributed by atoms with Crippen LogP contribution in [0.2, 0.25) is 0 Å². The minimum Gasteiger partial charge on any atom is -0.455 e. The summed E-state index contributed by atoms with van der Waals surface area (Å²) in [4.78, 5) is 32.4. The number of ether oxygens (including phenoxy) is 1. The highest BCUT2D eigenvalue weighted by Crippen LogP contribution is 2.36. The van der Waals surface area contributed by atoms with Crippen molar-refractivity contribution in [2.75, 3.05) is 17.2 Å². The molecule has 2 N–H and O–H groups in total. The van der Waals surface area contributed by atoms with Gasteiger partial charge in [0.1, 0.15) is 16.8 Å². The minimum absolute atomic E-state index is 0.203. The second kappa shape index (κ2) is 11.8. The van der Waals surface area contributed by atoms with Gasteiger partial charge in [-0.25, -0.2) is 14.3 Å². The van der Waals surface area contributed by atoms with E-state index < -0.39 is 5.60 Å². The molecule has 0 saturated carbocycles. The Morgan fingerprint density at radius 2 is 1.65 bits per heavy atom. The number of hydrogen-bond donors (Lipinski definition) is 2. The molecule has 2 amide bonds. The molecule has 3 aromatic heterocycles. The molecule has 7 aromatic rings. The Bertz CT molecular complexity index is 2390. The normalized spacial score (nSPS) is 13.1. The van der Waals surface area contributed by atoms with Crippen LogP contribution in [0.15, 0.2) is 108 Å². The molecule has 0 saturated heterocycles. The smallest absolute Gasteiger partial charge is 0.410 e. The monoisotopic (exact) mass is 650 g/mol. The first-order valence-corrected chi connectivity index (χ1v) is 16.2. The lowest BCUT2D eigenvalue weighted by molar-refractivity contribution is 0.0223. The number of furan rings is 1. The Balaban J connectivity index is 0.987.